The molecule has 1 atom stereocenters. The maximum atomic E-state index is 12.9. The zero-order valence-electron chi connectivity index (χ0n) is 14.6. The van der Waals surface area contributed by atoms with Gasteiger partial charge in [0.25, 0.3) is 5.56 Å². The lowest BCUT2D eigenvalue weighted by atomic mass is 9.91. The van der Waals surface area contributed by atoms with Gasteiger partial charge in [-0.15, -0.1) is 11.3 Å². The lowest BCUT2D eigenvalue weighted by Gasteiger charge is -2.36. The molecule has 2 aliphatic rings. The van der Waals surface area contributed by atoms with Gasteiger partial charge in [0, 0.05) is 17.5 Å². The van der Waals surface area contributed by atoms with Crippen LogP contribution < -0.4 is 5.56 Å². The molecule has 0 radical (unpaired) electrons. The minimum Gasteiger partial charge on any atom is -0.300 e. The van der Waals surface area contributed by atoms with Crippen LogP contribution in [0, 0.1) is 0 Å². The third-order valence-corrected chi connectivity index (χ3v) is 6.83. The van der Waals surface area contributed by atoms with Crippen LogP contribution in [-0.4, -0.2) is 33.6 Å². The zero-order valence-corrected chi connectivity index (χ0v) is 15.4. The van der Waals surface area contributed by atoms with E-state index in [0.717, 1.165) is 42.4 Å². The minimum absolute atomic E-state index is 0.183. The van der Waals surface area contributed by atoms with Crippen LogP contribution in [0.15, 0.2) is 11.1 Å². The van der Waals surface area contributed by atoms with Crippen LogP contribution in [0.2, 0.25) is 0 Å². The summed E-state index contributed by atoms with van der Waals surface area (Å²) in [7, 11) is 0. The molecule has 2 aromatic rings. The van der Waals surface area contributed by atoms with Gasteiger partial charge in [-0.2, -0.15) is 0 Å². The van der Waals surface area contributed by atoms with Crippen LogP contribution in [0.4, 0.5) is 0 Å². The second kappa shape index (κ2) is 6.96. The molecular weight excluding hydrogens is 318 g/mol. The number of thiophene rings is 1. The molecule has 0 amide bonds. The van der Waals surface area contributed by atoms with E-state index in [0.29, 0.717) is 6.04 Å². The highest BCUT2D eigenvalue weighted by atomic mass is 32.1. The fourth-order valence-electron chi connectivity index (χ4n) is 4.27. The quantitative estimate of drug-likeness (QED) is 0.850. The van der Waals surface area contributed by atoms with Crippen molar-refractivity contribution in [1.82, 2.24) is 14.5 Å². The number of likely N-dealkylation sites (tertiary alicyclic amines) is 1. The van der Waals surface area contributed by atoms with E-state index in [1.165, 1.54) is 49.2 Å². The summed E-state index contributed by atoms with van der Waals surface area (Å²) in [5, 5.41) is 0.922. The van der Waals surface area contributed by atoms with Crippen molar-refractivity contribution in [3.05, 3.63) is 27.1 Å². The molecule has 1 aliphatic heterocycles. The molecule has 0 spiro atoms. The number of hydrogen-bond donors (Lipinski definition) is 0. The van der Waals surface area contributed by atoms with E-state index in [-0.39, 0.29) is 5.56 Å². The monoisotopic (exact) mass is 345 g/mol. The SMILES string of the molecule is CCCCn1cnc2sc3c(c2c1=O)CC[C@@H](N1CCCCC1)C3. The first-order chi connectivity index (χ1) is 11.8. The number of hydrogen-bond acceptors (Lipinski definition) is 4. The molecule has 4 nitrogen and oxygen atoms in total. The fourth-order valence-corrected chi connectivity index (χ4v) is 5.52. The smallest absolute Gasteiger partial charge is 0.262 e. The van der Waals surface area contributed by atoms with Crippen molar-refractivity contribution >= 4 is 21.6 Å². The van der Waals surface area contributed by atoms with E-state index in [4.69, 9.17) is 0 Å². The third kappa shape index (κ3) is 2.93. The van der Waals surface area contributed by atoms with Crippen molar-refractivity contribution in [1.29, 1.82) is 0 Å². The topological polar surface area (TPSA) is 38.1 Å². The highest BCUT2D eigenvalue weighted by molar-refractivity contribution is 7.18. The minimum atomic E-state index is 0.183. The van der Waals surface area contributed by atoms with E-state index in [2.05, 4.69) is 16.8 Å². The number of aryl methyl sites for hydroxylation is 2. The summed E-state index contributed by atoms with van der Waals surface area (Å²) in [4.78, 5) is 22.5. The Morgan fingerprint density at radius 2 is 2.12 bits per heavy atom. The molecule has 5 heteroatoms. The Labute approximate surface area is 147 Å². The zero-order chi connectivity index (χ0) is 16.5. The maximum Gasteiger partial charge on any atom is 0.262 e. The Hall–Kier alpha value is -1.20. The second-order valence-corrected chi connectivity index (χ2v) is 8.36. The Bertz CT molecular complexity index is 773. The summed E-state index contributed by atoms with van der Waals surface area (Å²) in [6, 6.07) is 0.674. The molecule has 24 heavy (non-hydrogen) atoms. The average Bonchev–Trinajstić information content (AvgIpc) is 3.00. The lowest BCUT2D eigenvalue weighted by molar-refractivity contribution is 0.151. The van der Waals surface area contributed by atoms with Gasteiger partial charge in [-0.05, 0) is 57.2 Å². The summed E-state index contributed by atoms with van der Waals surface area (Å²) >= 11 is 1.76. The lowest BCUT2D eigenvalue weighted by Crippen LogP contribution is -2.42. The van der Waals surface area contributed by atoms with Crippen LogP contribution in [0.25, 0.3) is 10.2 Å². The molecule has 0 bridgehead atoms. The molecule has 2 aromatic heterocycles. The van der Waals surface area contributed by atoms with Gasteiger partial charge < -0.3 is 4.90 Å². The van der Waals surface area contributed by atoms with E-state index < -0.39 is 0 Å². The van der Waals surface area contributed by atoms with Crippen molar-refractivity contribution < 1.29 is 0 Å². The van der Waals surface area contributed by atoms with Gasteiger partial charge in [0.2, 0.25) is 0 Å². The first kappa shape index (κ1) is 16.3. The van der Waals surface area contributed by atoms with Gasteiger partial charge in [-0.25, -0.2) is 4.98 Å². The first-order valence-electron chi connectivity index (χ1n) is 9.51. The molecule has 0 unspecified atom stereocenters. The van der Waals surface area contributed by atoms with Gasteiger partial charge in [0.05, 0.1) is 11.7 Å². The van der Waals surface area contributed by atoms with Gasteiger partial charge in [-0.1, -0.05) is 19.8 Å². The van der Waals surface area contributed by atoms with Crippen molar-refractivity contribution in [2.45, 2.75) is 70.9 Å². The van der Waals surface area contributed by atoms with Gasteiger partial charge in [0.1, 0.15) is 4.83 Å². The van der Waals surface area contributed by atoms with Gasteiger partial charge in [0.15, 0.2) is 0 Å². The summed E-state index contributed by atoms with van der Waals surface area (Å²) in [6.07, 6.45) is 11.3. The molecule has 1 fully saturated rings. The average molecular weight is 346 g/mol. The second-order valence-electron chi connectivity index (χ2n) is 7.27. The molecule has 0 aromatic carbocycles. The molecule has 1 saturated heterocycles. The van der Waals surface area contributed by atoms with Crippen molar-refractivity contribution in [2.75, 3.05) is 13.1 Å². The Kier molecular flexibility index (Phi) is 4.72. The molecule has 1 aliphatic carbocycles. The first-order valence-corrected chi connectivity index (χ1v) is 10.3. The summed E-state index contributed by atoms with van der Waals surface area (Å²) in [5.41, 5.74) is 1.49. The van der Waals surface area contributed by atoms with E-state index in [1.807, 2.05) is 4.57 Å². The van der Waals surface area contributed by atoms with Crippen LogP contribution >= 0.6 is 11.3 Å². The summed E-state index contributed by atoms with van der Waals surface area (Å²) < 4.78 is 1.82. The van der Waals surface area contributed by atoms with Crippen molar-refractivity contribution in [3.8, 4) is 0 Å². The number of rotatable bonds is 4. The Morgan fingerprint density at radius 3 is 2.92 bits per heavy atom. The highest BCUT2D eigenvalue weighted by Crippen LogP contribution is 2.35. The number of fused-ring (bicyclic) bond motifs is 3. The van der Waals surface area contributed by atoms with Gasteiger partial charge >= 0.3 is 0 Å². The molecule has 130 valence electrons. The maximum absolute atomic E-state index is 12.9. The molecule has 0 N–H and O–H groups in total. The van der Waals surface area contributed by atoms with Crippen molar-refractivity contribution in [2.24, 2.45) is 0 Å². The molecule has 3 heterocycles. The normalized spacial score (nSPS) is 22.0. The molecular formula is C19H27N3OS. The Balaban J connectivity index is 1.64. The van der Waals surface area contributed by atoms with Crippen LogP contribution in [0.3, 0.4) is 0 Å². The predicted octanol–water partition coefficient (Wildman–Crippen LogP) is 3.60. The number of aromatic nitrogens is 2. The number of unbranched alkanes of at least 4 members (excludes halogenated alkanes) is 1. The largest absolute Gasteiger partial charge is 0.300 e. The number of piperidine rings is 1. The molecule has 0 saturated carbocycles. The number of nitrogens with zero attached hydrogens (tertiary/aromatic N) is 3. The van der Waals surface area contributed by atoms with Crippen molar-refractivity contribution in [3.63, 3.8) is 0 Å². The molecule has 4 rings (SSSR count). The summed E-state index contributed by atoms with van der Waals surface area (Å²) in [6.45, 7) is 5.46. The Morgan fingerprint density at radius 1 is 1.29 bits per heavy atom. The fraction of sp³-hybridized carbons (Fsp3) is 0.684. The van der Waals surface area contributed by atoms with E-state index in [9.17, 15) is 4.79 Å². The van der Waals surface area contributed by atoms with E-state index in [1.54, 1.807) is 17.7 Å². The highest BCUT2D eigenvalue weighted by Gasteiger charge is 2.29. The van der Waals surface area contributed by atoms with Crippen LogP contribution in [0.1, 0.15) is 55.9 Å². The predicted molar refractivity (Wildman–Crippen MR) is 100 cm³/mol. The standard InChI is InChI=1S/C19H27N3OS/c1-2-3-9-22-13-20-18-17(19(22)23)15-8-7-14(12-16(15)24-18)21-10-5-4-6-11-21/h13-14H,2-12H2,1H3/t14-/m1/s1. The third-order valence-electron chi connectivity index (χ3n) is 5.67. The van der Waals surface area contributed by atoms with Gasteiger partial charge in [-0.3, -0.25) is 9.36 Å². The summed E-state index contributed by atoms with van der Waals surface area (Å²) in [5.74, 6) is 0. The van der Waals surface area contributed by atoms with E-state index >= 15 is 0 Å². The van der Waals surface area contributed by atoms with Crippen LogP contribution in [-0.2, 0) is 19.4 Å². The van der Waals surface area contributed by atoms with Crippen LogP contribution in [0.5, 0.6) is 0 Å².